The van der Waals surface area contributed by atoms with Crippen molar-refractivity contribution < 1.29 is 24.1 Å². The van der Waals surface area contributed by atoms with Gasteiger partial charge in [0.2, 0.25) is 0 Å². The number of aliphatic hydroxyl groups excluding tert-OH is 1. The zero-order valence-electron chi connectivity index (χ0n) is 14.3. The Morgan fingerprint density at radius 3 is 2.70 bits per heavy atom. The number of unbranched alkanes of at least 4 members (excludes halogenated alkanes) is 1. The van der Waals surface area contributed by atoms with Crippen LogP contribution < -0.4 is 9.47 Å². The number of carbonyl (C=O) groups is 1. The van der Waals surface area contributed by atoms with E-state index >= 15 is 0 Å². The minimum atomic E-state index is -0.709. The van der Waals surface area contributed by atoms with E-state index in [-0.39, 0.29) is 6.61 Å². The predicted octanol–water partition coefficient (Wildman–Crippen LogP) is 3.12. The van der Waals surface area contributed by atoms with E-state index in [1.807, 2.05) is 18.2 Å². The third kappa shape index (κ3) is 6.48. The quantitative estimate of drug-likeness (QED) is 0.500. The van der Waals surface area contributed by atoms with Crippen LogP contribution in [0.25, 0.3) is 0 Å². The summed E-state index contributed by atoms with van der Waals surface area (Å²) in [7, 11) is 0. The summed E-state index contributed by atoms with van der Waals surface area (Å²) in [6.45, 7) is 6.55. The molecule has 1 aromatic rings. The van der Waals surface area contributed by atoms with Gasteiger partial charge in [-0.25, -0.2) is 4.79 Å². The number of ether oxygens (including phenoxy) is 3. The van der Waals surface area contributed by atoms with Gasteiger partial charge in [0, 0.05) is 6.61 Å². The second kappa shape index (κ2) is 10.9. The Morgan fingerprint density at radius 1 is 1.26 bits per heavy atom. The first kappa shape index (κ1) is 19.3. The average molecular weight is 324 g/mol. The molecule has 1 N–H and O–H groups in total. The number of rotatable bonds is 11. The minimum Gasteiger partial charge on any atom is -0.490 e. The van der Waals surface area contributed by atoms with E-state index in [0.717, 1.165) is 18.4 Å². The number of hydrogen-bond donors (Lipinski definition) is 1. The molecule has 0 radical (unpaired) electrons. The first-order valence-corrected chi connectivity index (χ1v) is 8.32. The molecule has 0 aliphatic rings. The highest BCUT2D eigenvalue weighted by Crippen LogP contribution is 2.33. The highest BCUT2D eigenvalue weighted by atomic mass is 16.6. The van der Waals surface area contributed by atoms with Gasteiger partial charge in [-0.1, -0.05) is 25.5 Å². The number of carbonyl (C=O) groups excluding carboxylic acids is 1. The maximum Gasteiger partial charge on any atom is 0.347 e. The van der Waals surface area contributed by atoms with Crippen LogP contribution in [0.2, 0.25) is 0 Å². The van der Waals surface area contributed by atoms with Crippen molar-refractivity contribution in [3.63, 3.8) is 0 Å². The van der Waals surface area contributed by atoms with Crippen LogP contribution in [0.5, 0.6) is 11.5 Å². The molecule has 1 rings (SSSR count). The normalized spacial score (nSPS) is 11.8. The van der Waals surface area contributed by atoms with Crippen molar-refractivity contribution in [2.45, 2.75) is 52.6 Å². The van der Waals surface area contributed by atoms with Crippen LogP contribution in [0.15, 0.2) is 18.2 Å². The van der Waals surface area contributed by atoms with Gasteiger partial charge in [0.15, 0.2) is 17.6 Å². The molecule has 5 nitrogen and oxygen atoms in total. The van der Waals surface area contributed by atoms with Gasteiger partial charge in [0.25, 0.3) is 0 Å². The van der Waals surface area contributed by atoms with E-state index in [9.17, 15) is 4.79 Å². The SMILES string of the molecule is CCCCOc1cccc(CCCO)c1O[C@H](C)C(=O)OCC. The Morgan fingerprint density at radius 2 is 2.04 bits per heavy atom. The molecule has 0 amide bonds. The topological polar surface area (TPSA) is 65.0 Å². The lowest BCUT2D eigenvalue weighted by molar-refractivity contribution is -0.150. The van der Waals surface area contributed by atoms with Crippen LogP contribution in [-0.4, -0.2) is 37.0 Å². The van der Waals surface area contributed by atoms with Crippen molar-refractivity contribution in [3.05, 3.63) is 23.8 Å². The second-order valence-electron chi connectivity index (χ2n) is 5.29. The molecule has 0 unspecified atom stereocenters. The van der Waals surface area contributed by atoms with Crippen molar-refractivity contribution in [1.29, 1.82) is 0 Å². The molecule has 0 fully saturated rings. The summed E-state index contributed by atoms with van der Waals surface area (Å²) in [6.07, 6.45) is 2.57. The molecule has 5 heteroatoms. The Labute approximate surface area is 138 Å². The summed E-state index contributed by atoms with van der Waals surface area (Å²) in [6, 6.07) is 5.66. The third-order valence-electron chi connectivity index (χ3n) is 3.33. The largest absolute Gasteiger partial charge is 0.490 e. The molecule has 0 saturated carbocycles. The summed E-state index contributed by atoms with van der Waals surface area (Å²) in [4.78, 5) is 11.8. The van der Waals surface area contributed by atoms with E-state index in [2.05, 4.69) is 6.92 Å². The lowest BCUT2D eigenvalue weighted by atomic mass is 10.1. The second-order valence-corrected chi connectivity index (χ2v) is 5.29. The molecule has 0 aromatic heterocycles. The Bertz CT molecular complexity index is 472. The van der Waals surface area contributed by atoms with Crippen LogP contribution in [0.3, 0.4) is 0 Å². The number of hydrogen-bond acceptors (Lipinski definition) is 5. The van der Waals surface area contributed by atoms with Gasteiger partial charge in [-0.05, 0) is 44.7 Å². The first-order chi connectivity index (χ1) is 11.1. The van der Waals surface area contributed by atoms with Crippen molar-refractivity contribution in [2.75, 3.05) is 19.8 Å². The summed E-state index contributed by atoms with van der Waals surface area (Å²) in [5, 5.41) is 9.06. The number of para-hydroxylation sites is 1. The zero-order valence-corrected chi connectivity index (χ0v) is 14.3. The predicted molar refractivity (Wildman–Crippen MR) is 89.0 cm³/mol. The van der Waals surface area contributed by atoms with Crippen LogP contribution in [0, 0.1) is 0 Å². The zero-order chi connectivity index (χ0) is 17.1. The van der Waals surface area contributed by atoms with Crippen LogP contribution in [0.4, 0.5) is 0 Å². The summed E-state index contributed by atoms with van der Waals surface area (Å²) < 4.78 is 16.6. The standard InChI is InChI=1S/C18H28O5/c1-4-6-13-22-16-11-7-9-15(10-8-12-19)17(16)23-14(3)18(20)21-5-2/h7,9,11,14,19H,4-6,8,10,12-13H2,1-3H3/t14-/m1/s1. The molecule has 0 heterocycles. The van der Waals surface area contributed by atoms with Crippen molar-refractivity contribution in [3.8, 4) is 11.5 Å². The molecule has 0 aliphatic heterocycles. The fourth-order valence-electron chi connectivity index (χ4n) is 2.09. The molecular weight excluding hydrogens is 296 g/mol. The molecule has 1 aromatic carbocycles. The van der Waals surface area contributed by atoms with Crippen molar-refractivity contribution >= 4 is 5.97 Å². The Balaban J connectivity index is 2.94. The molecule has 0 aliphatic carbocycles. The first-order valence-electron chi connectivity index (χ1n) is 8.32. The summed E-state index contributed by atoms with van der Waals surface area (Å²) in [5.74, 6) is 0.798. The maximum atomic E-state index is 11.8. The van der Waals surface area contributed by atoms with Gasteiger partial charge in [-0.3, -0.25) is 0 Å². The molecule has 0 saturated heterocycles. The Hall–Kier alpha value is -1.75. The highest BCUT2D eigenvalue weighted by Gasteiger charge is 2.20. The number of esters is 1. The maximum absolute atomic E-state index is 11.8. The summed E-state index contributed by atoms with van der Waals surface area (Å²) in [5.41, 5.74) is 0.921. The van der Waals surface area contributed by atoms with Gasteiger partial charge >= 0.3 is 5.97 Å². The van der Waals surface area contributed by atoms with E-state index in [1.165, 1.54) is 0 Å². The fraction of sp³-hybridized carbons (Fsp3) is 0.611. The summed E-state index contributed by atoms with van der Waals surface area (Å²) >= 11 is 0. The molecule has 0 spiro atoms. The number of benzene rings is 1. The van der Waals surface area contributed by atoms with E-state index in [0.29, 0.717) is 37.6 Å². The Kier molecular flexibility index (Phi) is 9.14. The molecule has 130 valence electrons. The molecular formula is C18H28O5. The number of aliphatic hydroxyl groups is 1. The molecule has 0 bridgehead atoms. The molecule has 1 atom stereocenters. The smallest absolute Gasteiger partial charge is 0.347 e. The lowest BCUT2D eigenvalue weighted by Crippen LogP contribution is -2.26. The minimum absolute atomic E-state index is 0.105. The van der Waals surface area contributed by atoms with E-state index in [1.54, 1.807) is 13.8 Å². The monoisotopic (exact) mass is 324 g/mol. The fourth-order valence-corrected chi connectivity index (χ4v) is 2.09. The van der Waals surface area contributed by atoms with Crippen LogP contribution >= 0.6 is 0 Å². The van der Waals surface area contributed by atoms with E-state index in [4.69, 9.17) is 19.3 Å². The van der Waals surface area contributed by atoms with Gasteiger partial charge in [0.05, 0.1) is 13.2 Å². The van der Waals surface area contributed by atoms with Crippen LogP contribution in [-0.2, 0) is 16.0 Å². The highest BCUT2D eigenvalue weighted by molar-refractivity contribution is 5.74. The molecule has 23 heavy (non-hydrogen) atoms. The van der Waals surface area contributed by atoms with Gasteiger partial charge in [-0.2, -0.15) is 0 Å². The van der Waals surface area contributed by atoms with Crippen molar-refractivity contribution in [1.82, 2.24) is 0 Å². The lowest BCUT2D eigenvalue weighted by Gasteiger charge is -2.19. The average Bonchev–Trinajstić information content (AvgIpc) is 2.55. The third-order valence-corrected chi connectivity index (χ3v) is 3.33. The van der Waals surface area contributed by atoms with Gasteiger partial charge in [0.1, 0.15) is 0 Å². The number of aryl methyl sites for hydroxylation is 1. The van der Waals surface area contributed by atoms with Gasteiger partial charge < -0.3 is 19.3 Å². The van der Waals surface area contributed by atoms with E-state index < -0.39 is 12.1 Å². The van der Waals surface area contributed by atoms with Gasteiger partial charge in [-0.15, -0.1) is 0 Å². The van der Waals surface area contributed by atoms with Crippen molar-refractivity contribution in [2.24, 2.45) is 0 Å². The van der Waals surface area contributed by atoms with Crippen LogP contribution in [0.1, 0.15) is 45.6 Å².